The van der Waals surface area contributed by atoms with Crippen LogP contribution in [-0.2, 0) is 32.7 Å². The molecule has 10 heteroatoms. The fourth-order valence-electron chi connectivity index (χ4n) is 11.9. The van der Waals surface area contributed by atoms with Crippen LogP contribution in [0.25, 0.3) is 0 Å². The molecule has 1 N–H and O–H groups in total. The van der Waals surface area contributed by atoms with Crippen LogP contribution in [0.15, 0.2) is 72.9 Å². The number of quaternary nitrogens is 1. The summed E-state index contributed by atoms with van der Waals surface area (Å²) in [5.74, 6) is -0.773. The normalized spacial score (nSPS) is 13.4. The van der Waals surface area contributed by atoms with E-state index in [-0.39, 0.29) is 25.6 Å². The molecule has 0 amide bonds. The zero-order valence-corrected chi connectivity index (χ0v) is 63.1. The van der Waals surface area contributed by atoms with E-state index < -0.39 is 26.5 Å². The van der Waals surface area contributed by atoms with Crippen molar-refractivity contribution in [1.29, 1.82) is 0 Å². The Labute approximate surface area is 578 Å². The Morgan fingerprint density at radius 1 is 0.344 bits per heavy atom. The van der Waals surface area contributed by atoms with Gasteiger partial charge in [-0.1, -0.05) is 389 Å². The Hall–Kier alpha value is -2.55. The van der Waals surface area contributed by atoms with Gasteiger partial charge in [0.1, 0.15) is 19.8 Å². The molecular formula is C83H155NO8P+. The summed E-state index contributed by atoms with van der Waals surface area (Å²) in [6, 6.07) is 0. The second kappa shape index (κ2) is 73.7. The van der Waals surface area contributed by atoms with Crippen LogP contribution in [0.2, 0.25) is 0 Å². The van der Waals surface area contributed by atoms with Gasteiger partial charge in [0.25, 0.3) is 0 Å². The molecule has 2 atom stereocenters. The summed E-state index contributed by atoms with van der Waals surface area (Å²) in [5.41, 5.74) is 0. The first-order valence-corrected chi connectivity index (χ1v) is 41.7. The van der Waals surface area contributed by atoms with Gasteiger partial charge in [0.15, 0.2) is 6.10 Å². The molecule has 0 saturated carbocycles. The molecule has 0 aromatic heterocycles. The van der Waals surface area contributed by atoms with Gasteiger partial charge >= 0.3 is 19.8 Å². The Morgan fingerprint density at radius 3 is 0.914 bits per heavy atom. The third-order valence-corrected chi connectivity index (χ3v) is 19.0. The molecule has 0 rings (SSSR count). The lowest BCUT2D eigenvalue weighted by Gasteiger charge is -2.24. The Bertz CT molecular complexity index is 1800. The van der Waals surface area contributed by atoms with Crippen molar-refractivity contribution in [1.82, 2.24) is 0 Å². The number of carbonyl (C=O) groups is 2. The molecule has 0 aliphatic rings. The van der Waals surface area contributed by atoms with E-state index in [1.165, 1.54) is 289 Å². The van der Waals surface area contributed by atoms with E-state index in [9.17, 15) is 19.0 Å². The molecule has 0 fully saturated rings. The van der Waals surface area contributed by atoms with Crippen molar-refractivity contribution in [2.24, 2.45) is 0 Å². The van der Waals surface area contributed by atoms with Crippen molar-refractivity contribution >= 4 is 19.8 Å². The van der Waals surface area contributed by atoms with Crippen molar-refractivity contribution in [2.45, 2.75) is 399 Å². The van der Waals surface area contributed by atoms with Crippen LogP contribution in [0.3, 0.4) is 0 Å². The molecule has 0 bridgehead atoms. The summed E-state index contributed by atoms with van der Waals surface area (Å²) in [7, 11) is 1.50. The topological polar surface area (TPSA) is 108 Å². The minimum Gasteiger partial charge on any atom is -0.462 e. The molecule has 0 heterocycles. The number of phosphoric acid groups is 1. The number of likely N-dealkylation sites (N-methyl/N-ethyl adjacent to an activating group) is 1. The number of hydrogen-bond donors (Lipinski definition) is 1. The van der Waals surface area contributed by atoms with Gasteiger partial charge in [-0.15, -0.1) is 0 Å². The quantitative estimate of drug-likeness (QED) is 0.0211. The summed E-state index contributed by atoms with van der Waals surface area (Å²) in [4.78, 5) is 36.0. The number of unbranched alkanes of at least 4 members (excludes halogenated alkanes) is 49. The Kier molecular flexibility index (Phi) is 71.7. The number of ether oxygens (including phenoxy) is 2. The smallest absolute Gasteiger partial charge is 0.462 e. The lowest BCUT2D eigenvalue weighted by molar-refractivity contribution is -0.870. The summed E-state index contributed by atoms with van der Waals surface area (Å²) in [6.45, 7) is 4.39. The number of rotatable bonds is 75. The van der Waals surface area contributed by atoms with Crippen LogP contribution in [0.1, 0.15) is 393 Å². The summed E-state index contributed by atoms with van der Waals surface area (Å²) < 4.78 is 34.8. The average molecular weight is 1330 g/mol. The first-order valence-electron chi connectivity index (χ1n) is 40.2. The molecular weight excluding hydrogens is 1170 g/mol. The van der Waals surface area contributed by atoms with Gasteiger partial charge in [0, 0.05) is 12.8 Å². The average Bonchev–Trinajstić information content (AvgIpc) is 2.30. The van der Waals surface area contributed by atoms with Crippen molar-refractivity contribution in [3.63, 3.8) is 0 Å². The number of nitrogens with zero attached hydrogens (tertiary/aromatic N) is 1. The first kappa shape index (κ1) is 90.5. The van der Waals surface area contributed by atoms with Crippen LogP contribution in [0.4, 0.5) is 0 Å². The highest BCUT2D eigenvalue weighted by atomic mass is 31.2. The minimum atomic E-state index is -4.39. The van der Waals surface area contributed by atoms with E-state index in [0.717, 1.165) is 70.6 Å². The highest BCUT2D eigenvalue weighted by molar-refractivity contribution is 7.47. The van der Waals surface area contributed by atoms with E-state index in [1.54, 1.807) is 0 Å². The van der Waals surface area contributed by atoms with Crippen LogP contribution in [-0.4, -0.2) is 74.9 Å². The lowest BCUT2D eigenvalue weighted by atomic mass is 10.0. The molecule has 9 nitrogen and oxygen atoms in total. The van der Waals surface area contributed by atoms with E-state index in [2.05, 4.69) is 86.8 Å². The molecule has 0 radical (unpaired) electrons. The van der Waals surface area contributed by atoms with Gasteiger partial charge < -0.3 is 18.9 Å². The van der Waals surface area contributed by atoms with Gasteiger partial charge in [-0.3, -0.25) is 18.6 Å². The number of hydrogen-bond acceptors (Lipinski definition) is 7. The summed E-state index contributed by atoms with van der Waals surface area (Å²) in [6.07, 6.45) is 101. The van der Waals surface area contributed by atoms with Crippen molar-refractivity contribution in [3.05, 3.63) is 72.9 Å². The maximum atomic E-state index is 12.9. The molecule has 0 spiro atoms. The number of phosphoric ester groups is 1. The van der Waals surface area contributed by atoms with E-state index in [4.69, 9.17) is 18.5 Å². The zero-order valence-electron chi connectivity index (χ0n) is 62.3. The number of esters is 2. The Morgan fingerprint density at radius 2 is 0.613 bits per heavy atom. The highest BCUT2D eigenvalue weighted by Gasteiger charge is 2.27. The van der Waals surface area contributed by atoms with Crippen LogP contribution in [0.5, 0.6) is 0 Å². The van der Waals surface area contributed by atoms with Gasteiger partial charge in [0.05, 0.1) is 27.7 Å². The van der Waals surface area contributed by atoms with E-state index in [1.807, 2.05) is 21.1 Å². The highest BCUT2D eigenvalue weighted by Crippen LogP contribution is 2.43. The monoisotopic (exact) mass is 1330 g/mol. The maximum absolute atomic E-state index is 12.9. The third kappa shape index (κ3) is 78.3. The second-order valence-corrected chi connectivity index (χ2v) is 29.9. The predicted molar refractivity (Wildman–Crippen MR) is 404 cm³/mol. The molecule has 544 valence electrons. The fraction of sp³-hybridized carbons (Fsp3) is 0.831. The molecule has 0 aliphatic heterocycles. The van der Waals surface area contributed by atoms with Gasteiger partial charge in [-0.2, -0.15) is 0 Å². The SMILES string of the molecule is CC/C=C\C/C=C\C/C=C\C/C=C\C/C=C\C/C=C\CCCCCCCCCCCCCCCCCCCCCCCCC(=O)OC(COC(=O)CCCCCCCCCCCCCCCCCCCCCCCCCCCCCC)COP(=O)(O)OCC[N+](C)(C)C. The second-order valence-electron chi connectivity index (χ2n) is 28.4. The first-order chi connectivity index (χ1) is 45.5. The van der Waals surface area contributed by atoms with Crippen LogP contribution in [0, 0.1) is 0 Å². The van der Waals surface area contributed by atoms with E-state index >= 15 is 0 Å². The third-order valence-electron chi connectivity index (χ3n) is 18.0. The summed E-state index contributed by atoms with van der Waals surface area (Å²) >= 11 is 0. The molecule has 0 aromatic carbocycles. The molecule has 2 unspecified atom stereocenters. The number of carbonyl (C=O) groups excluding carboxylic acids is 2. The molecule has 0 saturated heterocycles. The number of allylic oxidation sites excluding steroid dienone is 12. The largest absolute Gasteiger partial charge is 0.472 e. The van der Waals surface area contributed by atoms with Crippen molar-refractivity contribution < 1.29 is 42.1 Å². The lowest BCUT2D eigenvalue weighted by Crippen LogP contribution is -2.37. The molecule has 0 aromatic rings. The van der Waals surface area contributed by atoms with Crippen LogP contribution >= 0.6 is 7.82 Å². The van der Waals surface area contributed by atoms with Gasteiger partial charge in [0.2, 0.25) is 0 Å². The molecule has 0 aliphatic carbocycles. The van der Waals surface area contributed by atoms with Crippen molar-refractivity contribution in [3.8, 4) is 0 Å². The standard InChI is InChI=1S/C83H154NO8P/c1-6-8-10-12-14-16-18-20-22-24-26-28-30-32-34-36-37-38-39-40-41-42-43-44-45-46-47-48-50-52-54-56-58-60-62-64-66-68-70-72-74-76-83(86)92-81(80-91-93(87,88)90-78-77-84(3,4)5)79-89-82(85)75-73-71-69-67-65-63-61-59-57-55-53-51-49-35-33-31-29-27-25-23-21-19-17-15-13-11-9-7-2/h8,10,14,16,20,22,26,28,32,34,37-38,81H,6-7,9,11-13,15,17-19,21,23-25,27,29-31,33,35-36,39-80H2,1-5H3/p+1/b10-8-,16-14-,22-20-,28-26-,34-32-,38-37-. The Balaban J connectivity index is 3.91. The van der Waals surface area contributed by atoms with Gasteiger partial charge in [-0.25, -0.2) is 4.57 Å². The van der Waals surface area contributed by atoms with Crippen LogP contribution < -0.4 is 0 Å². The summed E-state index contributed by atoms with van der Waals surface area (Å²) in [5, 5.41) is 0. The molecule has 93 heavy (non-hydrogen) atoms. The fourth-order valence-corrected chi connectivity index (χ4v) is 12.7. The van der Waals surface area contributed by atoms with Crippen molar-refractivity contribution in [2.75, 3.05) is 47.5 Å². The predicted octanol–water partition coefficient (Wildman–Crippen LogP) is 26.7. The van der Waals surface area contributed by atoms with E-state index in [0.29, 0.717) is 23.9 Å². The zero-order chi connectivity index (χ0) is 67.6. The van der Waals surface area contributed by atoms with Gasteiger partial charge in [-0.05, 0) is 64.2 Å². The maximum Gasteiger partial charge on any atom is 0.472 e. The minimum absolute atomic E-state index is 0.0341.